The van der Waals surface area contributed by atoms with Crippen molar-refractivity contribution in [3.63, 3.8) is 0 Å². The van der Waals surface area contributed by atoms with Crippen LogP contribution < -0.4 is 10.7 Å². The van der Waals surface area contributed by atoms with Crippen molar-refractivity contribution >= 4 is 0 Å². The lowest BCUT2D eigenvalue weighted by Gasteiger charge is -1.78. The van der Waals surface area contributed by atoms with Crippen molar-refractivity contribution in [1.29, 1.82) is 0 Å². The van der Waals surface area contributed by atoms with Gasteiger partial charge in [0.1, 0.15) is 11.9 Å². The van der Waals surface area contributed by atoms with Crippen molar-refractivity contribution in [1.82, 2.24) is 4.98 Å². The molecule has 0 saturated heterocycles. The van der Waals surface area contributed by atoms with Crippen LogP contribution in [0.3, 0.4) is 0 Å². The summed E-state index contributed by atoms with van der Waals surface area (Å²) in [6, 6.07) is 0. The third kappa shape index (κ3) is 1.07. The van der Waals surface area contributed by atoms with E-state index in [-0.39, 0.29) is 0 Å². The zero-order valence-electron chi connectivity index (χ0n) is 4.78. The lowest BCUT2D eigenvalue weighted by Crippen LogP contribution is -2.51. The van der Waals surface area contributed by atoms with E-state index in [0.29, 0.717) is 0 Å². The Bertz CT molecular complexity index is 133. The molecular formula is C5H11N3+2. The molecule has 1 aromatic rings. The summed E-state index contributed by atoms with van der Waals surface area (Å²) in [6.07, 6.45) is 4.79. The van der Waals surface area contributed by atoms with Gasteiger partial charge < -0.3 is 5.73 Å². The van der Waals surface area contributed by atoms with E-state index in [1.165, 1.54) is 5.69 Å². The summed E-state index contributed by atoms with van der Waals surface area (Å²) in [6.45, 7) is 0.953. The van der Waals surface area contributed by atoms with Gasteiger partial charge in [0.15, 0.2) is 0 Å². The van der Waals surface area contributed by atoms with Crippen molar-refractivity contribution in [2.75, 3.05) is 6.54 Å². The SMILES string of the molecule is [NH3+]CCc1c[nH+]c[nH]1. The molecule has 1 aromatic heterocycles. The van der Waals surface area contributed by atoms with Gasteiger partial charge in [-0.05, 0) is 0 Å². The van der Waals surface area contributed by atoms with Gasteiger partial charge >= 0.3 is 0 Å². The lowest BCUT2D eigenvalue weighted by atomic mass is 10.3. The van der Waals surface area contributed by atoms with Gasteiger partial charge in [0.2, 0.25) is 6.33 Å². The molecule has 0 aromatic carbocycles. The number of nitrogens with one attached hydrogen (secondary N) is 2. The molecule has 0 unspecified atom stereocenters. The normalized spacial score (nSPS) is 9.62. The summed E-state index contributed by atoms with van der Waals surface area (Å²) in [5, 5.41) is 0. The van der Waals surface area contributed by atoms with Crippen molar-refractivity contribution in [3.05, 3.63) is 18.2 Å². The van der Waals surface area contributed by atoms with E-state index >= 15 is 0 Å². The van der Waals surface area contributed by atoms with E-state index in [0.717, 1.165) is 13.0 Å². The molecule has 0 aliphatic carbocycles. The van der Waals surface area contributed by atoms with Crippen LogP contribution in [0.4, 0.5) is 0 Å². The number of hydrogen-bond donors (Lipinski definition) is 2. The molecular weight excluding hydrogens is 102 g/mol. The fourth-order valence-corrected chi connectivity index (χ4v) is 0.653. The Morgan fingerprint density at radius 2 is 2.62 bits per heavy atom. The van der Waals surface area contributed by atoms with Gasteiger partial charge in [0.25, 0.3) is 0 Å². The first-order chi connectivity index (χ1) is 3.93. The van der Waals surface area contributed by atoms with Crippen LogP contribution in [0.15, 0.2) is 12.5 Å². The molecule has 1 heterocycles. The Hall–Kier alpha value is -0.830. The topological polar surface area (TPSA) is 57.6 Å². The number of quaternary nitrogens is 1. The number of H-pyrrole nitrogens is 2. The molecule has 3 nitrogen and oxygen atoms in total. The Labute approximate surface area is 47.9 Å². The van der Waals surface area contributed by atoms with Crippen LogP contribution in [0, 0.1) is 0 Å². The van der Waals surface area contributed by atoms with E-state index in [4.69, 9.17) is 0 Å². The van der Waals surface area contributed by atoms with Crippen molar-refractivity contribution in [3.8, 4) is 0 Å². The van der Waals surface area contributed by atoms with E-state index in [9.17, 15) is 0 Å². The Morgan fingerprint density at radius 1 is 1.75 bits per heavy atom. The van der Waals surface area contributed by atoms with Gasteiger partial charge in [0, 0.05) is 0 Å². The summed E-state index contributed by atoms with van der Waals surface area (Å²) in [7, 11) is 0. The second-order valence-corrected chi connectivity index (χ2v) is 1.73. The van der Waals surface area contributed by atoms with E-state index in [2.05, 4.69) is 15.7 Å². The molecule has 44 valence electrons. The molecule has 0 saturated carbocycles. The van der Waals surface area contributed by atoms with Crippen LogP contribution in [-0.4, -0.2) is 11.5 Å². The number of aromatic amines is 2. The second kappa shape index (κ2) is 2.47. The zero-order chi connectivity index (χ0) is 5.82. The number of rotatable bonds is 2. The van der Waals surface area contributed by atoms with Gasteiger partial charge in [-0.1, -0.05) is 0 Å². The molecule has 0 fully saturated rings. The second-order valence-electron chi connectivity index (χ2n) is 1.73. The number of hydrogen-bond acceptors (Lipinski definition) is 0. The molecule has 1 rings (SSSR count). The smallest absolute Gasteiger partial charge is 0.239 e. The van der Waals surface area contributed by atoms with Crippen LogP contribution in [0.25, 0.3) is 0 Å². The molecule has 8 heavy (non-hydrogen) atoms. The minimum Gasteiger partial charge on any atom is -0.357 e. The van der Waals surface area contributed by atoms with Crippen LogP contribution in [0.5, 0.6) is 0 Å². The molecule has 0 amide bonds. The summed E-state index contributed by atoms with van der Waals surface area (Å²) < 4.78 is 0. The Balaban J connectivity index is 2.50. The summed E-state index contributed by atoms with van der Waals surface area (Å²) >= 11 is 0. The minimum absolute atomic E-state index is 0.953. The largest absolute Gasteiger partial charge is 0.357 e. The standard InChI is InChI=1S/C5H9N3/c6-2-1-5-3-7-4-8-5/h3-4H,1-2,6H2,(H,7,8)/p+2. The maximum Gasteiger partial charge on any atom is 0.239 e. The van der Waals surface area contributed by atoms with Gasteiger partial charge in [-0.15, -0.1) is 0 Å². The molecule has 0 atom stereocenters. The van der Waals surface area contributed by atoms with Crippen molar-refractivity contribution in [2.24, 2.45) is 0 Å². The van der Waals surface area contributed by atoms with Gasteiger partial charge in [-0.25, -0.2) is 4.98 Å². The average molecular weight is 113 g/mol. The summed E-state index contributed by atoms with van der Waals surface area (Å²) in [4.78, 5) is 5.97. The number of imidazole rings is 1. The zero-order valence-corrected chi connectivity index (χ0v) is 4.78. The van der Waals surface area contributed by atoms with E-state index < -0.39 is 0 Å². The summed E-state index contributed by atoms with van der Waals surface area (Å²) in [5.74, 6) is 0. The highest BCUT2D eigenvalue weighted by atomic mass is 14.9. The Kier molecular flexibility index (Phi) is 1.64. The maximum absolute atomic E-state index is 3.73. The van der Waals surface area contributed by atoms with Crippen LogP contribution >= 0.6 is 0 Å². The predicted octanol–water partition coefficient (Wildman–Crippen LogP) is -1.39. The van der Waals surface area contributed by atoms with Crippen molar-refractivity contribution < 1.29 is 10.7 Å². The van der Waals surface area contributed by atoms with Crippen molar-refractivity contribution in [2.45, 2.75) is 6.42 Å². The van der Waals surface area contributed by atoms with E-state index in [1.807, 2.05) is 12.5 Å². The average Bonchev–Trinajstić information content (AvgIpc) is 2.19. The first-order valence-electron chi connectivity index (χ1n) is 2.76. The molecule has 0 radical (unpaired) electrons. The number of aromatic nitrogens is 2. The highest BCUT2D eigenvalue weighted by Crippen LogP contribution is 1.84. The van der Waals surface area contributed by atoms with Gasteiger partial charge in [0.05, 0.1) is 13.0 Å². The molecule has 0 bridgehead atoms. The van der Waals surface area contributed by atoms with Crippen LogP contribution in [0.2, 0.25) is 0 Å². The fourth-order valence-electron chi connectivity index (χ4n) is 0.653. The lowest BCUT2D eigenvalue weighted by molar-refractivity contribution is -0.378. The van der Waals surface area contributed by atoms with Crippen LogP contribution in [-0.2, 0) is 6.42 Å². The fraction of sp³-hybridized carbons (Fsp3) is 0.400. The molecule has 0 aliphatic heterocycles. The van der Waals surface area contributed by atoms with Gasteiger partial charge in [-0.2, -0.15) is 0 Å². The van der Waals surface area contributed by atoms with Crippen LogP contribution in [0.1, 0.15) is 5.69 Å². The first kappa shape index (κ1) is 5.31. The predicted molar refractivity (Wildman–Crippen MR) is 28.8 cm³/mol. The Morgan fingerprint density at radius 3 is 3.12 bits per heavy atom. The molecule has 3 heteroatoms. The third-order valence-corrected chi connectivity index (χ3v) is 1.04. The van der Waals surface area contributed by atoms with Gasteiger partial charge in [-0.3, -0.25) is 4.98 Å². The third-order valence-electron chi connectivity index (χ3n) is 1.04. The highest BCUT2D eigenvalue weighted by Gasteiger charge is 1.95. The van der Waals surface area contributed by atoms with E-state index in [1.54, 1.807) is 0 Å². The molecule has 0 aliphatic rings. The molecule has 5 N–H and O–H groups in total. The quantitative estimate of drug-likeness (QED) is 0.474. The first-order valence-corrected chi connectivity index (χ1v) is 2.76. The minimum atomic E-state index is 0.953. The summed E-state index contributed by atoms with van der Waals surface area (Å²) in [5.41, 5.74) is 4.95. The maximum atomic E-state index is 3.73. The monoisotopic (exact) mass is 113 g/mol. The highest BCUT2D eigenvalue weighted by molar-refractivity contribution is 4.88. The molecule has 0 spiro atoms.